The Morgan fingerprint density at radius 1 is 1.24 bits per heavy atom. The van der Waals surface area contributed by atoms with Crippen molar-refractivity contribution in [1.29, 1.82) is 0 Å². The van der Waals surface area contributed by atoms with Gasteiger partial charge >= 0.3 is 6.09 Å². The summed E-state index contributed by atoms with van der Waals surface area (Å²) in [5.41, 5.74) is 0. The van der Waals surface area contributed by atoms with E-state index >= 15 is 0 Å². The van der Waals surface area contributed by atoms with Crippen LogP contribution in [0.1, 0.15) is 6.42 Å². The highest BCUT2D eigenvalue weighted by Crippen LogP contribution is 1.97. The molecule has 1 heterocycles. The van der Waals surface area contributed by atoms with E-state index in [-0.39, 0.29) is 12.5 Å². The van der Waals surface area contributed by atoms with E-state index in [4.69, 9.17) is 9.84 Å². The first kappa shape index (κ1) is 13.7. The van der Waals surface area contributed by atoms with Crippen molar-refractivity contribution < 1.29 is 19.4 Å². The Morgan fingerprint density at radius 2 is 1.94 bits per heavy atom. The average Bonchev–Trinajstić information content (AvgIpc) is 2.33. The number of nitrogens with zero attached hydrogens (tertiary/aromatic N) is 1. The molecule has 1 aliphatic heterocycles. The number of rotatable bonds is 6. The molecule has 17 heavy (non-hydrogen) atoms. The summed E-state index contributed by atoms with van der Waals surface area (Å²) in [5.74, 6) is -0.297. The number of carbonyl (C=O) groups excluding carboxylic acids is 1. The number of hydrogen-bond acceptors (Lipinski definition) is 4. The zero-order valence-corrected chi connectivity index (χ0v) is 9.78. The first-order valence-electron chi connectivity index (χ1n) is 5.72. The highest BCUT2D eigenvalue weighted by atomic mass is 16.5. The molecule has 0 radical (unpaired) electrons. The Labute approximate surface area is 100 Å². The fraction of sp³-hybridized carbons (Fsp3) is 0.800. The van der Waals surface area contributed by atoms with E-state index < -0.39 is 6.09 Å². The zero-order valence-electron chi connectivity index (χ0n) is 9.78. The lowest BCUT2D eigenvalue weighted by molar-refractivity contribution is -0.120. The number of amides is 2. The Bertz CT molecular complexity index is 254. The van der Waals surface area contributed by atoms with Crippen LogP contribution >= 0.6 is 0 Å². The van der Waals surface area contributed by atoms with Gasteiger partial charge in [0.15, 0.2) is 0 Å². The second-order valence-corrected chi connectivity index (χ2v) is 3.82. The molecule has 98 valence electrons. The van der Waals surface area contributed by atoms with Crippen LogP contribution in [0.15, 0.2) is 0 Å². The number of carbonyl (C=O) groups is 2. The molecule has 0 atom stereocenters. The standard InChI is InChI=1S/C10H19N3O4/c14-9(8-12-10(15)16)11-2-1-3-13-4-6-17-7-5-13/h12H,1-8H2,(H,11,14)(H,15,16). The molecule has 1 aliphatic rings. The number of hydrogen-bond donors (Lipinski definition) is 3. The molecule has 7 heteroatoms. The number of carboxylic acid groups (broad SMARTS) is 1. The van der Waals surface area contributed by atoms with Crippen LogP contribution in [0, 0.1) is 0 Å². The van der Waals surface area contributed by atoms with Crippen molar-refractivity contribution in [3.8, 4) is 0 Å². The molecule has 3 N–H and O–H groups in total. The molecule has 0 unspecified atom stereocenters. The van der Waals surface area contributed by atoms with Gasteiger partial charge in [-0.25, -0.2) is 4.79 Å². The molecular formula is C10H19N3O4. The fourth-order valence-electron chi connectivity index (χ4n) is 1.57. The van der Waals surface area contributed by atoms with Crippen LogP contribution in [0.4, 0.5) is 4.79 Å². The quantitative estimate of drug-likeness (QED) is 0.527. The van der Waals surface area contributed by atoms with Crippen LogP contribution in [0.5, 0.6) is 0 Å². The van der Waals surface area contributed by atoms with Gasteiger partial charge in [-0.1, -0.05) is 0 Å². The van der Waals surface area contributed by atoms with Crippen LogP contribution in [-0.2, 0) is 9.53 Å². The lowest BCUT2D eigenvalue weighted by Gasteiger charge is -2.26. The maximum Gasteiger partial charge on any atom is 0.405 e. The first-order chi connectivity index (χ1) is 8.18. The normalized spacial score (nSPS) is 16.5. The minimum Gasteiger partial charge on any atom is -0.465 e. The van der Waals surface area contributed by atoms with Gasteiger partial charge in [0.05, 0.1) is 19.8 Å². The molecule has 1 fully saturated rings. The van der Waals surface area contributed by atoms with E-state index in [1.165, 1.54) is 0 Å². The lowest BCUT2D eigenvalue weighted by atomic mass is 10.3. The van der Waals surface area contributed by atoms with Crippen molar-refractivity contribution in [3.63, 3.8) is 0 Å². The molecule has 0 aromatic heterocycles. The third kappa shape index (κ3) is 6.75. The summed E-state index contributed by atoms with van der Waals surface area (Å²) in [7, 11) is 0. The minimum absolute atomic E-state index is 0.188. The van der Waals surface area contributed by atoms with E-state index in [0.717, 1.165) is 39.3 Å². The molecule has 1 saturated heterocycles. The van der Waals surface area contributed by atoms with Gasteiger partial charge in [-0.2, -0.15) is 0 Å². The van der Waals surface area contributed by atoms with Gasteiger partial charge in [-0.15, -0.1) is 0 Å². The van der Waals surface area contributed by atoms with E-state index in [0.29, 0.717) is 6.54 Å². The summed E-state index contributed by atoms with van der Waals surface area (Å²) in [5, 5.41) is 13.0. The van der Waals surface area contributed by atoms with Gasteiger partial charge in [-0.3, -0.25) is 9.69 Å². The summed E-state index contributed by atoms with van der Waals surface area (Å²) < 4.78 is 5.22. The van der Waals surface area contributed by atoms with Crippen LogP contribution in [-0.4, -0.2) is 67.9 Å². The van der Waals surface area contributed by atoms with Crippen LogP contribution in [0.25, 0.3) is 0 Å². The van der Waals surface area contributed by atoms with E-state index in [9.17, 15) is 9.59 Å². The van der Waals surface area contributed by atoms with Crippen LogP contribution in [0.3, 0.4) is 0 Å². The summed E-state index contributed by atoms with van der Waals surface area (Å²) in [4.78, 5) is 23.5. The number of nitrogens with one attached hydrogen (secondary N) is 2. The second kappa shape index (κ2) is 7.86. The van der Waals surface area contributed by atoms with Gasteiger partial charge in [0.25, 0.3) is 0 Å². The number of ether oxygens (including phenoxy) is 1. The smallest absolute Gasteiger partial charge is 0.405 e. The van der Waals surface area contributed by atoms with Crippen molar-refractivity contribution in [2.75, 3.05) is 45.9 Å². The third-order valence-electron chi connectivity index (χ3n) is 2.48. The topological polar surface area (TPSA) is 90.9 Å². The van der Waals surface area contributed by atoms with Gasteiger partial charge in [0, 0.05) is 19.6 Å². The summed E-state index contributed by atoms with van der Waals surface area (Å²) in [6.07, 6.45) is -0.327. The Hall–Kier alpha value is -1.34. The van der Waals surface area contributed by atoms with Gasteiger partial charge in [0.1, 0.15) is 0 Å². The molecule has 0 spiro atoms. The first-order valence-corrected chi connectivity index (χ1v) is 5.72. The molecule has 0 bridgehead atoms. The van der Waals surface area contributed by atoms with Crippen LogP contribution < -0.4 is 10.6 Å². The Morgan fingerprint density at radius 3 is 2.59 bits per heavy atom. The molecule has 0 aromatic carbocycles. The van der Waals surface area contributed by atoms with E-state index in [1.54, 1.807) is 0 Å². The maximum atomic E-state index is 11.1. The zero-order chi connectivity index (χ0) is 12.5. The molecule has 0 aliphatic carbocycles. The van der Waals surface area contributed by atoms with Crippen molar-refractivity contribution in [2.45, 2.75) is 6.42 Å². The van der Waals surface area contributed by atoms with Crippen molar-refractivity contribution in [1.82, 2.24) is 15.5 Å². The molecule has 2 amide bonds. The van der Waals surface area contributed by atoms with Crippen LogP contribution in [0.2, 0.25) is 0 Å². The van der Waals surface area contributed by atoms with E-state index in [2.05, 4.69) is 10.2 Å². The lowest BCUT2D eigenvalue weighted by Crippen LogP contribution is -2.39. The number of morpholine rings is 1. The maximum absolute atomic E-state index is 11.1. The Balaban J connectivity index is 1.95. The Kier molecular flexibility index (Phi) is 6.34. The fourth-order valence-corrected chi connectivity index (χ4v) is 1.57. The van der Waals surface area contributed by atoms with Gasteiger partial charge < -0.3 is 20.5 Å². The molecule has 1 rings (SSSR count). The van der Waals surface area contributed by atoms with E-state index in [1.807, 2.05) is 5.32 Å². The predicted octanol–water partition coefficient (Wildman–Crippen LogP) is -0.907. The van der Waals surface area contributed by atoms with Crippen molar-refractivity contribution in [3.05, 3.63) is 0 Å². The molecule has 7 nitrogen and oxygen atoms in total. The molecule has 0 saturated carbocycles. The van der Waals surface area contributed by atoms with Crippen molar-refractivity contribution in [2.24, 2.45) is 0 Å². The third-order valence-corrected chi connectivity index (χ3v) is 2.48. The van der Waals surface area contributed by atoms with Gasteiger partial charge in [0.2, 0.25) is 5.91 Å². The minimum atomic E-state index is -1.19. The predicted molar refractivity (Wildman–Crippen MR) is 60.9 cm³/mol. The monoisotopic (exact) mass is 245 g/mol. The highest BCUT2D eigenvalue weighted by molar-refractivity contribution is 5.81. The average molecular weight is 245 g/mol. The molecule has 0 aromatic rings. The highest BCUT2D eigenvalue weighted by Gasteiger charge is 2.09. The largest absolute Gasteiger partial charge is 0.465 e. The summed E-state index contributed by atoms with van der Waals surface area (Å²) in [6, 6.07) is 0. The summed E-state index contributed by atoms with van der Waals surface area (Å²) >= 11 is 0. The summed E-state index contributed by atoms with van der Waals surface area (Å²) in [6.45, 7) is 4.73. The second-order valence-electron chi connectivity index (χ2n) is 3.82. The molecular weight excluding hydrogens is 226 g/mol. The SMILES string of the molecule is O=C(O)NCC(=O)NCCCN1CCOCC1. The van der Waals surface area contributed by atoms with Crippen molar-refractivity contribution >= 4 is 12.0 Å². The van der Waals surface area contributed by atoms with Gasteiger partial charge in [-0.05, 0) is 13.0 Å².